The van der Waals surface area contributed by atoms with Crippen LogP contribution in [-0.2, 0) is 38.1 Å². The molecular weight excluding hydrogens is 540 g/mol. The maximum absolute atomic E-state index is 13.7. The number of nitrogens with one attached hydrogen (secondary N) is 1. The zero-order valence-corrected chi connectivity index (χ0v) is 28.4. The molecule has 0 rings (SSSR count). The summed E-state index contributed by atoms with van der Waals surface area (Å²) in [5.74, 6) is -0.130. The van der Waals surface area contributed by atoms with Gasteiger partial charge in [-0.25, -0.2) is 0 Å². The number of carbonyl (C=O) groups is 4. The van der Waals surface area contributed by atoms with E-state index >= 15 is 0 Å². The first-order chi connectivity index (χ1) is 19.4. The minimum atomic E-state index is -1.06. The van der Waals surface area contributed by atoms with Crippen molar-refractivity contribution in [3.05, 3.63) is 0 Å². The zero-order chi connectivity index (χ0) is 32.6. The van der Waals surface area contributed by atoms with Gasteiger partial charge in [0.1, 0.15) is 22.9 Å². The van der Waals surface area contributed by atoms with Crippen LogP contribution >= 0.6 is 0 Å². The normalized spacial score (nSPS) is 12.7. The molecule has 10 heteroatoms. The minimum absolute atomic E-state index is 0.0501. The molecule has 0 fully saturated rings. The fraction of sp³-hybridized carbons (Fsp3) is 0.875. The van der Waals surface area contributed by atoms with Gasteiger partial charge in [-0.15, -0.1) is 0 Å². The van der Waals surface area contributed by atoms with Gasteiger partial charge in [-0.2, -0.15) is 0 Å². The van der Waals surface area contributed by atoms with Gasteiger partial charge in [-0.05, 0) is 34.7 Å². The van der Waals surface area contributed by atoms with Crippen LogP contribution in [0.15, 0.2) is 0 Å². The molecule has 0 heterocycles. The predicted molar refractivity (Wildman–Crippen MR) is 165 cm³/mol. The Bertz CT molecular complexity index is 810. The van der Waals surface area contributed by atoms with Gasteiger partial charge in [-0.1, -0.05) is 34.6 Å². The summed E-state index contributed by atoms with van der Waals surface area (Å²) >= 11 is 0. The number of ether oxygens (including phenoxy) is 4. The second-order valence-corrected chi connectivity index (χ2v) is 13.1. The molecule has 1 amide bonds. The van der Waals surface area contributed by atoms with E-state index in [1.54, 1.807) is 18.9 Å². The largest absolute Gasteiger partial charge is 0.378 e. The number of hydrogen-bond acceptors (Lipinski definition) is 9. The van der Waals surface area contributed by atoms with Crippen molar-refractivity contribution in [2.75, 3.05) is 60.3 Å². The second-order valence-electron chi connectivity index (χ2n) is 13.1. The van der Waals surface area contributed by atoms with Crippen LogP contribution in [-0.4, -0.2) is 105 Å². The topological polar surface area (TPSA) is 120 Å². The van der Waals surface area contributed by atoms with Crippen LogP contribution in [0, 0.1) is 11.8 Å². The summed E-state index contributed by atoms with van der Waals surface area (Å²) in [5.41, 5.74) is -2.08. The Morgan fingerprint density at radius 1 is 0.738 bits per heavy atom. The number of likely N-dealkylation sites (N-methyl/N-ethyl adjacent to an activating group) is 2. The summed E-state index contributed by atoms with van der Waals surface area (Å²) in [5, 5.41) is 3.20. The van der Waals surface area contributed by atoms with E-state index in [-0.39, 0.29) is 106 Å². The van der Waals surface area contributed by atoms with Gasteiger partial charge >= 0.3 is 0 Å². The summed E-state index contributed by atoms with van der Waals surface area (Å²) in [6.45, 7) is 18.1. The van der Waals surface area contributed by atoms with Crippen LogP contribution in [0.3, 0.4) is 0 Å². The van der Waals surface area contributed by atoms with Crippen molar-refractivity contribution in [3.63, 3.8) is 0 Å². The summed E-state index contributed by atoms with van der Waals surface area (Å²) < 4.78 is 24.1. The molecule has 0 unspecified atom stereocenters. The lowest BCUT2D eigenvalue weighted by molar-refractivity contribution is -0.156. The maximum atomic E-state index is 13.7. The third-order valence-electron chi connectivity index (χ3n) is 7.47. The highest BCUT2D eigenvalue weighted by atomic mass is 16.5. The van der Waals surface area contributed by atoms with Crippen LogP contribution in [0.2, 0.25) is 0 Å². The van der Waals surface area contributed by atoms with Crippen LogP contribution < -0.4 is 5.32 Å². The molecule has 0 spiro atoms. The average molecular weight is 601 g/mol. The lowest BCUT2D eigenvalue weighted by Crippen LogP contribution is -2.60. The standard InChI is InChI=1S/C32H60N2O8/c1-12-26(35)13-16-39-21-32(22-40-17-14-27(36)24(2)3,23-41-18-15-28(37)25(4)5)34(11)29(38)19-31(8,9)42-20-30(6,7)33-10/h24-25,33H,12-23H2,1-11H3. The Morgan fingerprint density at radius 2 is 1.17 bits per heavy atom. The molecule has 0 saturated carbocycles. The Hall–Kier alpha value is -1.72. The van der Waals surface area contributed by atoms with Crippen molar-refractivity contribution in [3.8, 4) is 0 Å². The summed E-state index contributed by atoms with van der Waals surface area (Å²) in [6.07, 6.45) is 1.29. The van der Waals surface area contributed by atoms with Gasteiger partial charge in [0.25, 0.3) is 0 Å². The smallest absolute Gasteiger partial charge is 0.225 e. The van der Waals surface area contributed by atoms with Gasteiger partial charge in [-0.3, -0.25) is 19.2 Å². The van der Waals surface area contributed by atoms with E-state index in [1.165, 1.54) is 0 Å². The molecule has 0 aliphatic heterocycles. The third-order valence-corrected chi connectivity index (χ3v) is 7.47. The van der Waals surface area contributed by atoms with Crippen LogP contribution in [0.4, 0.5) is 0 Å². The molecule has 0 aromatic carbocycles. The molecule has 246 valence electrons. The molecule has 42 heavy (non-hydrogen) atoms. The highest BCUT2D eigenvalue weighted by Gasteiger charge is 2.41. The molecule has 0 aromatic rings. The Labute approximate surface area is 254 Å². The van der Waals surface area contributed by atoms with Gasteiger partial charge in [0.15, 0.2) is 0 Å². The van der Waals surface area contributed by atoms with E-state index < -0.39 is 11.1 Å². The zero-order valence-electron chi connectivity index (χ0n) is 28.4. The first-order valence-corrected chi connectivity index (χ1v) is 15.3. The van der Waals surface area contributed by atoms with E-state index in [1.807, 2.05) is 62.4 Å². The second kappa shape index (κ2) is 19.5. The molecular formula is C32H60N2O8. The molecule has 1 N–H and O–H groups in total. The number of amides is 1. The molecule has 0 saturated heterocycles. The van der Waals surface area contributed by atoms with Crippen molar-refractivity contribution in [1.82, 2.24) is 10.2 Å². The quantitative estimate of drug-likeness (QED) is 0.155. The average Bonchev–Trinajstić information content (AvgIpc) is 2.92. The van der Waals surface area contributed by atoms with Crippen molar-refractivity contribution < 1.29 is 38.1 Å². The van der Waals surface area contributed by atoms with Crippen molar-refractivity contribution >= 4 is 23.3 Å². The Balaban J connectivity index is 5.94. The molecule has 0 radical (unpaired) electrons. The number of rotatable bonds is 25. The van der Waals surface area contributed by atoms with E-state index in [0.717, 1.165) is 0 Å². The fourth-order valence-corrected chi connectivity index (χ4v) is 3.73. The highest BCUT2D eigenvalue weighted by molar-refractivity contribution is 5.81. The Morgan fingerprint density at radius 3 is 1.55 bits per heavy atom. The number of nitrogens with zero attached hydrogens (tertiary/aromatic N) is 1. The van der Waals surface area contributed by atoms with Gasteiger partial charge in [0.2, 0.25) is 5.91 Å². The van der Waals surface area contributed by atoms with Crippen LogP contribution in [0.5, 0.6) is 0 Å². The highest BCUT2D eigenvalue weighted by Crippen LogP contribution is 2.24. The maximum Gasteiger partial charge on any atom is 0.225 e. The number of Topliss-reactive ketones (excluding diaryl/α,β-unsaturated/α-hetero) is 3. The van der Waals surface area contributed by atoms with Crippen LogP contribution in [0.1, 0.15) is 94.4 Å². The summed E-state index contributed by atoms with van der Waals surface area (Å²) in [6, 6.07) is 0. The molecule has 0 aromatic heterocycles. The molecule has 10 nitrogen and oxygen atoms in total. The fourth-order valence-electron chi connectivity index (χ4n) is 3.73. The number of ketones is 3. The van der Waals surface area contributed by atoms with E-state index in [2.05, 4.69) is 5.32 Å². The van der Waals surface area contributed by atoms with Crippen molar-refractivity contribution in [2.45, 2.75) is 111 Å². The minimum Gasteiger partial charge on any atom is -0.378 e. The first-order valence-electron chi connectivity index (χ1n) is 15.3. The lowest BCUT2D eigenvalue weighted by Gasteiger charge is -2.42. The first kappa shape index (κ1) is 40.3. The monoisotopic (exact) mass is 600 g/mol. The van der Waals surface area contributed by atoms with Crippen molar-refractivity contribution in [1.29, 1.82) is 0 Å². The summed E-state index contributed by atoms with van der Waals surface area (Å²) in [7, 11) is 3.54. The third kappa shape index (κ3) is 16.2. The van der Waals surface area contributed by atoms with Crippen molar-refractivity contribution in [2.24, 2.45) is 11.8 Å². The molecule has 0 aliphatic carbocycles. The van der Waals surface area contributed by atoms with Gasteiger partial charge in [0.05, 0.1) is 58.3 Å². The molecule has 0 atom stereocenters. The number of carbonyl (C=O) groups excluding carboxylic acids is 4. The Kier molecular flexibility index (Phi) is 18.7. The van der Waals surface area contributed by atoms with Gasteiger partial charge < -0.3 is 29.2 Å². The molecule has 0 bridgehead atoms. The number of hydrogen-bond donors (Lipinski definition) is 1. The lowest BCUT2D eigenvalue weighted by atomic mass is 9.97. The van der Waals surface area contributed by atoms with E-state index in [9.17, 15) is 19.2 Å². The van der Waals surface area contributed by atoms with Gasteiger partial charge in [0, 0.05) is 50.1 Å². The summed E-state index contributed by atoms with van der Waals surface area (Å²) in [4.78, 5) is 51.6. The predicted octanol–water partition coefficient (Wildman–Crippen LogP) is 4.02. The van der Waals surface area contributed by atoms with E-state index in [4.69, 9.17) is 18.9 Å². The van der Waals surface area contributed by atoms with Crippen LogP contribution in [0.25, 0.3) is 0 Å². The van der Waals surface area contributed by atoms with E-state index in [0.29, 0.717) is 13.0 Å². The molecule has 0 aliphatic rings. The SMILES string of the molecule is CCC(=O)CCOCC(COCCC(=O)C(C)C)(COCCC(=O)C(C)C)N(C)C(=O)CC(C)(C)OCC(C)(C)NC.